The molecule has 2 heterocycles. The van der Waals surface area contributed by atoms with Gasteiger partial charge in [-0.15, -0.1) is 23.7 Å². The lowest BCUT2D eigenvalue weighted by atomic mass is 10.1. The van der Waals surface area contributed by atoms with E-state index in [0.717, 1.165) is 4.88 Å². The van der Waals surface area contributed by atoms with Gasteiger partial charge in [0.1, 0.15) is 6.04 Å². The van der Waals surface area contributed by atoms with Crippen molar-refractivity contribution in [3.8, 4) is 0 Å². The van der Waals surface area contributed by atoms with Crippen LogP contribution in [-0.2, 0) is 20.9 Å². The molecule has 0 radical (unpaired) electrons. The number of morpholine rings is 1. The molecule has 0 aliphatic carbocycles. The van der Waals surface area contributed by atoms with E-state index < -0.39 is 0 Å². The molecule has 1 fully saturated rings. The van der Waals surface area contributed by atoms with Crippen LogP contribution in [-0.4, -0.2) is 55.6 Å². The summed E-state index contributed by atoms with van der Waals surface area (Å²) >= 11 is 1.59. The van der Waals surface area contributed by atoms with Crippen molar-refractivity contribution in [2.45, 2.75) is 25.6 Å². The van der Waals surface area contributed by atoms with Gasteiger partial charge in [-0.2, -0.15) is 0 Å². The van der Waals surface area contributed by atoms with Gasteiger partial charge in [-0.3, -0.25) is 9.59 Å². The molecule has 0 bridgehead atoms. The standard InChI is InChI=1S/C14H21N3O3S.ClH/c1-10-13(15-5-6-20-10)14(19)17(2)9-12(18)16-8-11-4-3-7-21-11;/h3-4,7,10,13,15H,5-6,8-9H2,1-2H3,(H,16,18);1H/t10-,13+;/m1./s1. The topological polar surface area (TPSA) is 70.7 Å². The van der Waals surface area contributed by atoms with E-state index in [1.807, 2.05) is 24.4 Å². The lowest BCUT2D eigenvalue weighted by molar-refractivity contribution is -0.141. The maximum Gasteiger partial charge on any atom is 0.242 e. The minimum absolute atomic E-state index is 0. The summed E-state index contributed by atoms with van der Waals surface area (Å²) in [5, 5.41) is 7.91. The fourth-order valence-corrected chi connectivity index (χ4v) is 2.84. The van der Waals surface area contributed by atoms with Gasteiger partial charge in [-0.1, -0.05) is 6.07 Å². The molecule has 1 aliphatic heterocycles. The maximum absolute atomic E-state index is 12.3. The molecule has 2 rings (SSSR count). The first-order chi connectivity index (χ1) is 10.1. The van der Waals surface area contributed by atoms with Gasteiger partial charge in [0.15, 0.2) is 0 Å². The Balaban J connectivity index is 0.00000242. The van der Waals surface area contributed by atoms with Crippen LogP contribution in [0.25, 0.3) is 0 Å². The lowest BCUT2D eigenvalue weighted by Gasteiger charge is -2.32. The van der Waals surface area contributed by atoms with E-state index in [4.69, 9.17) is 4.74 Å². The molecule has 1 aromatic rings. The Morgan fingerprint density at radius 2 is 2.32 bits per heavy atom. The highest BCUT2D eigenvalue weighted by molar-refractivity contribution is 7.09. The quantitative estimate of drug-likeness (QED) is 0.819. The number of carbonyl (C=O) groups is 2. The van der Waals surface area contributed by atoms with E-state index in [1.165, 1.54) is 4.90 Å². The molecule has 124 valence electrons. The van der Waals surface area contributed by atoms with Crippen LogP contribution in [0.2, 0.25) is 0 Å². The Labute approximate surface area is 140 Å². The molecule has 22 heavy (non-hydrogen) atoms. The second-order valence-electron chi connectivity index (χ2n) is 5.06. The number of halogens is 1. The van der Waals surface area contributed by atoms with E-state index in [0.29, 0.717) is 19.7 Å². The molecule has 1 aromatic heterocycles. The first kappa shape index (κ1) is 18.9. The first-order valence-corrected chi connectivity index (χ1v) is 7.85. The van der Waals surface area contributed by atoms with E-state index in [9.17, 15) is 9.59 Å². The summed E-state index contributed by atoms with van der Waals surface area (Å²) in [4.78, 5) is 26.7. The van der Waals surface area contributed by atoms with Gasteiger partial charge in [0.05, 0.1) is 25.8 Å². The van der Waals surface area contributed by atoms with Gasteiger partial charge in [0.25, 0.3) is 0 Å². The summed E-state index contributed by atoms with van der Waals surface area (Å²) in [7, 11) is 1.63. The lowest BCUT2D eigenvalue weighted by Crippen LogP contribution is -2.56. The zero-order valence-corrected chi connectivity index (χ0v) is 14.3. The number of amides is 2. The van der Waals surface area contributed by atoms with E-state index in [-0.39, 0.29) is 42.9 Å². The monoisotopic (exact) mass is 347 g/mol. The summed E-state index contributed by atoms with van der Waals surface area (Å²) in [6.45, 7) is 3.67. The molecule has 1 saturated heterocycles. The molecule has 8 heteroatoms. The SMILES string of the molecule is C[C@H]1OCCN[C@@H]1C(=O)N(C)CC(=O)NCc1cccs1.Cl. The number of likely N-dealkylation sites (N-methyl/N-ethyl adjacent to an activating group) is 1. The molecule has 0 spiro atoms. The highest BCUT2D eigenvalue weighted by atomic mass is 35.5. The van der Waals surface area contributed by atoms with Crippen molar-refractivity contribution >= 4 is 35.6 Å². The molecule has 2 N–H and O–H groups in total. The molecule has 6 nitrogen and oxygen atoms in total. The Kier molecular flexibility index (Phi) is 7.81. The minimum atomic E-state index is -0.381. The fraction of sp³-hybridized carbons (Fsp3) is 0.571. The van der Waals surface area contributed by atoms with E-state index in [2.05, 4.69) is 10.6 Å². The maximum atomic E-state index is 12.3. The third-order valence-electron chi connectivity index (χ3n) is 3.38. The average Bonchev–Trinajstić information content (AvgIpc) is 2.98. The fourth-order valence-electron chi connectivity index (χ4n) is 2.20. The van der Waals surface area contributed by atoms with Crippen molar-refractivity contribution in [1.82, 2.24) is 15.5 Å². The number of ether oxygens (including phenoxy) is 1. The molecule has 1 aliphatic rings. The Morgan fingerprint density at radius 1 is 1.55 bits per heavy atom. The normalized spacial score (nSPS) is 20.8. The zero-order chi connectivity index (χ0) is 15.2. The van der Waals surface area contributed by atoms with E-state index in [1.54, 1.807) is 18.4 Å². The van der Waals surface area contributed by atoms with Crippen LogP contribution in [0, 0.1) is 0 Å². The summed E-state index contributed by atoms with van der Waals surface area (Å²) < 4.78 is 5.45. The van der Waals surface area contributed by atoms with Crippen molar-refractivity contribution in [2.75, 3.05) is 26.7 Å². The minimum Gasteiger partial charge on any atom is -0.375 e. The molecular formula is C14H22ClN3O3S. The molecular weight excluding hydrogens is 326 g/mol. The summed E-state index contributed by atoms with van der Waals surface area (Å²) in [6, 6.07) is 3.52. The van der Waals surface area contributed by atoms with Crippen LogP contribution < -0.4 is 10.6 Å². The number of rotatable bonds is 5. The van der Waals surface area contributed by atoms with Gasteiger partial charge >= 0.3 is 0 Å². The number of hydrogen-bond acceptors (Lipinski definition) is 5. The van der Waals surface area contributed by atoms with Crippen LogP contribution in [0.4, 0.5) is 0 Å². The number of nitrogens with zero attached hydrogens (tertiary/aromatic N) is 1. The number of thiophene rings is 1. The number of hydrogen-bond donors (Lipinski definition) is 2. The van der Waals surface area contributed by atoms with Gasteiger partial charge < -0.3 is 20.3 Å². The smallest absolute Gasteiger partial charge is 0.242 e. The van der Waals surface area contributed by atoms with Crippen molar-refractivity contribution in [3.05, 3.63) is 22.4 Å². The zero-order valence-electron chi connectivity index (χ0n) is 12.7. The van der Waals surface area contributed by atoms with Gasteiger partial charge in [0, 0.05) is 18.5 Å². The van der Waals surface area contributed by atoms with E-state index >= 15 is 0 Å². The van der Waals surface area contributed by atoms with Crippen LogP contribution in [0.3, 0.4) is 0 Å². The summed E-state index contributed by atoms with van der Waals surface area (Å²) in [5.41, 5.74) is 0. The summed E-state index contributed by atoms with van der Waals surface area (Å²) in [6.07, 6.45) is -0.178. The predicted octanol–water partition coefficient (Wildman–Crippen LogP) is 0.621. The molecule has 2 amide bonds. The number of carbonyl (C=O) groups excluding carboxylic acids is 2. The van der Waals surface area contributed by atoms with Crippen LogP contribution in [0.15, 0.2) is 17.5 Å². The average molecular weight is 348 g/mol. The van der Waals surface area contributed by atoms with Crippen LogP contribution in [0.5, 0.6) is 0 Å². The van der Waals surface area contributed by atoms with Crippen LogP contribution >= 0.6 is 23.7 Å². The van der Waals surface area contributed by atoms with Crippen LogP contribution in [0.1, 0.15) is 11.8 Å². The Morgan fingerprint density at radius 3 is 2.95 bits per heavy atom. The molecule has 2 atom stereocenters. The highest BCUT2D eigenvalue weighted by Crippen LogP contribution is 2.08. The van der Waals surface area contributed by atoms with Gasteiger partial charge in [-0.05, 0) is 18.4 Å². The highest BCUT2D eigenvalue weighted by Gasteiger charge is 2.30. The van der Waals surface area contributed by atoms with Gasteiger partial charge in [0.2, 0.25) is 11.8 Å². The van der Waals surface area contributed by atoms with Crippen molar-refractivity contribution in [1.29, 1.82) is 0 Å². The Bertz CT molecular complexity index is 484. The summed E-state index contributed by atoms with van der Waals surface area (Å²) in [5.74, 6) is -0.280. The molecule has 0 saturated carbocycles. The van der Waals surface area contributed by atoms with Crippen molar-refractivity contribution in [3.63, 3.8) is 0 Å². The van der Waals surface area contributed by atoms with Crippen molar-refractivity contribution < 1.29 is 14.3 Å². The van der Waals surface area contributed by atoms with Crippen molar-refractivity contribution in [2.24, 2.45) is 0 Å². The van der Waals surface area contributed by atoms with Gasteiger partial charge in [-0.25, -0.2) is 0 Å². The third-order valence-corrected chi connectivity index (χ3v) is 4.26. The largest absolute Gasteiger partial charge is 0.375 e. The third kappa shape index (κ3) is 5.24. The number of nitrogens with one attached hydrogen (secondary N) is 2. The second kappa shape index (κ2) is 9.09. The Hall–Kier alpha value is -1.15. The second-order valence-corrected chi connectivity index (χ2v) is 6.09. The molecule has 0 unspecified atom stereocenters. The first-order valence-electron chi connectivity index (χ1n) is 6.97. The molecule has 0 aromatic carbocycles. The predicted molar refractivity (Wildman–Crippen MR) is 88.3 cm³/mol.